The van der Waals surface area contributed by atoms with Crippen molar-refractivity contribution in [3.05, 3.63) is 76.4 Å². The summed E-state index contributed by atoms with van der Waals surface area (Å²) < 4.78 is 39.3. The Kier molecular flexibility index (Phi) is 7.44. The van der Waals surface area contributed by atoms with E-state index in [0.717, 1.165) is 33.1 Å². The van der Waals surface area contributed by atoms with Crippen LogP contribution in [-0.2, 0) is 11.8 Å². The van der Waals surface area contributed by atoms with Crippen molar-refractivity contribution in [2.24, 2.45) is 7.05 Å². The first-order valence-electron chi connectivity index (χ1n) is 11.3. The van der Waals surface area contributed by atoms with Crippen molar-refractivity contribution in [2.45, 2.75) is 13.1 Å². The molecule has 0 bridgehead atoms. The van der Waals surface area contributed by atoms with Crippen LogP contribution in [0.4, 0.5) is 13.2 Å². The van der Waals surface area contributed by atoms with Crippen molar-refractivity contribution in [1.29, 1.82) is 5.26 Å². The van der Waals surface area contributed by atoms with Crippen LogP contribution in [0.5, 0.6) is 11.8 Å². The number of carbonyl (C=O) groups excluding carboxylic acids is 1. The molecule has 0 atom stereocenters. The predicted molar refractivity (Wildman–Crippen MR) is 136 cm³/mol. The number of aromatic nitrogens is 3. The zero-order chi connectivity index (χ0) is 29.4. The van der Waals surface area contributed by atoms with Crippen LogP contribution in [0.15, 0.2) is 54.7 Å². The summed E-state index contributed by atoms with van der Waals surface area (Å²) in [5, 5.41) is 29.0. The Morgan fingerprint density at radius 2 is 1.88 bits per heavy atom. The van der Waals surface area contributed by atoms with Crippen LogP contribution in [0.25, 0.3) is 33.1 Å². The molecule has 5 rings (SSSR count). The molecule has 0 aliphatic carbocycles. The third-order valence-corrected chi connectivity index (χ3v) is 6.23. The number of aromatic amines is 2. The van der Waals surface area contributed by atoms with Crippen LogP contribution in [-0.4, -0.2) is 32.8 Å². The fourth-order valence-electron chi connectivity index (χ4n) is 3.99. The molecule has 0 saturated carbocycles. The summed E-state index contributed by atoms with van der Waals surface area (Å²) in [6.45, 7) is 1.73. The van der Waals surface area contributed by atoms with E-state index in [1.807, 2.05) is 42.1 Å². The van der Waals surface area contributed by atoms with E-state index in [9.17, 15) is 28.3 Å². The Bertz CT molecular complexity index is 1840. The maximum absolute atomic E-state index is 11.4. The first kappa shape index (κ1) is 28.0. The van der Waals surface area contributed by atoms with Crippen LogP contribution < -0.4 is 14.8 Å². The van der Waals surface area contributed by atoms with E-state index in [1.165, 1.54) is 6.07 Å². The first-order valence-corrected chi connectivity index (χ1v) is 11.7. The maximum atomic E-state index is 11.4. The Morgan fingerprint density at radius 3 is 2.50 bits per heavy atom. The van der Waals surface area contributed by atoms with Gasteiger partial charge in [0.15, 0.2) is 11.0 Å². The van der Waals surface area contributed by atoms with E-state index < -0.39 is 18.1 Å². The zero-order valence-corrected chi connectivity index (χ0v) is 21.4. The third kappa shape index (κ3) is 5.69. The lowest BCUT2D eigenvalue weighted by atomic mass is 10.0. The van der Waals surface area contributed by atoms with E-state index in [0.29, 0.717) is 27.9 Å². The summed E-state index contributed by atoms with van der Waals surface area (Å²) in [5.74, 6) is -3.62. The topological polar surface area (TPSA) is 145 Å². The second-order valence-corrected chi connectivity index (χ2v) is 9.03. The van der Waals surface area contributed by atoms with Gasteiger partial charge in [0.1, 0.15) is 17.8 Å². The highest BCUT2D eigenvalue weighted by molar-refractivity contribution is 6.34. The van der Waals surface area contributed by atoms with E-state index in [-0.39, 0.29) is 5.56 Å². The van der Waals surface area contributed by atoms with Gasteiger partial charge >= 0.3 is 18.2 Å². The number of imidazole rings is 1. The van der Waals surface area contributed by atoms with Gasteiger partial charge in [0, 0.05) is 35.8 Å². The lowest BCUT2D eigenvalue weighted by Crippen LogP contribution is -2.37. The van der Waals surface area contributed by atoms with Crippen molar-refractivity contribution in [3.8, 4) is 29.0 Å². The zero-order valence-electron chi connectivity index (χ0n) is 20.7. The average molecular weight is 571 g/mol. The molecule has 0 saturated heterocycles. The molecule has 3 N–H and O–H groups in total. The first-order chi connectivity index (χ1) is 18.8. The standard InChI is InChI=1S/C25H17ClN4O3.C2HF3O2/c1-13-3-5-16(8-17(13)24(31)32)33-25-28-21-9-18(20(26)10-22(21)29-25)14-4-6-23-19(7-14)15(11-27)12-30(23)2;3-2(4,5)1(6)7/h3-10,12H,1-2H3,(H,28,29)(H,31,32);(H,6,7). The Labute approximate surface area is 228 Å². The molecule has 204 valence electrons. The van der Waals surface area contributed by atoms with Gasteiger partial charge in [0.25, 0.3) is 0 Å². The van der Waals surface area contributed by atoms with Gasteiger partial charge < -0.3 is 24.3 Å². The molecular weight excluding hydrogens is 553 g/mol. The maximum Gasteiger partial charge on any atom is 0.458 e. The average Bonchev–Trinajstić information content (AvgIpc) is 3.42. The Hall–Kier alpha value is -5.02. The summed E-state index contributed by atoms with van der Waals surface area (Å²) >= 11 is 6.60. The number of hydrogen-bond donors (Lipinski definition) is 2. The minimum absolute atomic E-state index is 0.182. The second-order valence-electron chi connectivity index (χ2n) is 8.62. The van der Waals surface area contributed by atoms with Gasteiger partial charge in [-0.2, -0.15) is 18.4 Å². The summed E-state index contributed by atoms with van der Waals surface area (Å²) in [5.41, 5.74) is 5.61. The number of ether oxygens (including phenoxy) is 1. The number of nitrogens with one attached hydrogen (secondary N) is 2. The van der Waals surface area contributed by atoms with E-state index in [4.69, 9.17) is 26.2 Å². The van der Waals surface area contributed by atoms with E-state index >= 15 is 0 Å². The molecule has 0 aliphatic heterocycles. The molecule has 40 heavy (non-hydrogen) atoms. The smallest absolute Gasteiger partial charge is 0.458 e. The molecule has 0 unspecified atom stereocenters. The normalized spacial score (nSPS) is 11.1. The van der Waals surface area contributed by atoms with Crippen molar-refractivity contribution < 1.29 is 42.7 Å². The van der Waals surface area contributed by atoms with Gasteiger partial charge in [-0.05, 0) is 48.4 Å². The van der Waals surface area contributed by atoms with E-state index in [1.54, 1.807) is 25.1 Å². The van der Waals surface area contributed by atoms with Crippen molar-refractivity contribution in [2.75, 3.05) is 0 Å². The molecule has 3 aromatic carbocycles. The largest absolute Gasteiger partial charge is 0.542 e. The lowest BCUT2D eigenvalue weighted by molar-refractivity contribution is -0.359. The number of halogens is 4. The third-order valence-electron chi connectivity index (χ3n) is 5.92. The summed E-state index contributed by atoms with van der Waals surface area (Å²) in [7, 11) is 1.91. The van der Waals surface area contributed by atoms with Crippen LogP contribution in [0.1, 0.15) is 21.5 Å². The van der Waals surface area contributed by atoms with Crippen LogP contribution >= 0.6 is 11.6 Å². The van der Waals surface area contributed by atoms with E-state index in [2.05, 4.69) is 16.0 Å². The van der Waals surface area contributed by atoms with Gasteiger partial charge in [0.2, 0.25) is 0 Å². The van der Waals surface area contributed by atoms with Crippen molar-refractivity contribution >= 4 is 45.5 Å². The SMILES string of the molecule is Cc1ccc(Oc2[nH]c3cc(Cl)c(-c4ccc5c(c4)c(C#N)cn5C)cc3[nH+]2)cc1C(=O)O.O=C([O-])C(F)(F)F. The molecule has 0 aliphatic rings. The predicted octanol–water partition coefficient (Wildman–Crippen LogP) is 4.76. The number of nitriles is 1. The van der Waals surface area contributed by atoms with Gasteiger partial charge in [-0.25, -0.2) is 14.8 Å². The van der Waals surface area contributed by atoms with Crippen molar-refractivity contribution in [3.63, 3.8) is 0 Å². The highest BCUT2D eigenvalue weighted by Gasteiger charge is 2.28. The molecular formula is C27H18ClF3N4O5. The van der Waals surface area contributed by atoms with Gasteiger partial charge in [0.05, 0.1) is 16.1 Å². The Balaban J connectivity index is 0.000000470. The number of H-pyrrole nitrogens is 2. The molecule has 0 spiro atoms. The fourth-order valence-corrected chi connectivity index (χ4v) is 4.26. The van der Waals surface area contributed by atoms with Gasteiger partial charge in [-0.15, -0.1) is 0 Å². The molecule has 5 aromatic rings. The van der Waals surface area contributed by atoms with Gasteiger partial charge in [-0.1, -0.05) is 23.7 Å². The molecule has 9 nitrogen and oxygen atoms in total. The van der Waals surface area contributed by atoms with Crippen molar-refractivity contribution in [1.82, 2.24) is 9.55 Å². The summed E-state index contributed by atoms with van der Waals surface area (Å²) in [6.07, 6.45) is -3.39. The molecule has 0 fully saturated rings. The number of aryl methyl sites for hydroxylation is 2. The number of alkyl halides is 3. The molecule has 2 heterocycles. The number of aliphatic carboxylic acids is 1. The van der Waals surface area contributed by atoms with Crippen LogP contribution in [0.3, 0.4) is 0 Å². The number of rotatable bonds is 4. The number of nitrogens with zero attached hydrogens (tertiary/aromatic N) is 2. The molecule has 2 aromatic heterocycles. The van der Waals surface area contributed by atoms with Crippen LogP contribution in [0.2, 0.25) is 5.02 Å². The summed E-state index contributed by atoms with van der Waals surface area (Å²) in [6, 6.07) is 17.1. The molecule has 13 heteroatoms. The van der Waals surface area contributed by atoms with Crippen LogP contribution in [0, 0.1) is 18.3 Å². The minimum atomic E-state index is -5.19. The number of carboxylic acid groups (broad SMARTS) is 2. The number of carboxylic acids is 2. The lowest BCUT2D eigenvalue weighted by Gasteiger charge is -2.05. The second kappa shape index (κ2) is 10.6. The highest BCUT2D eigenvalue weighted by atomic mass is 35.5. The molecule has 0 amide bonds. The number of carbonyl (C=O) groups is 2. The number of hydrogen-bond acceptors (Lipinski definition) is 5. The Morgan fingerprint density at radius 1 is 1.18 bits per heavy atom. The number of aromatic carboxylic acids is 1. The summed E-state index contributed by atoms with van der Waals surface area (Å²) in [4.78, 5) is 26.5. The van der Waals surface area contributed by atoms with Gasteiger partial charge in [-0.3, -0.25) is 0 Å². The fraction of sp³-hybridized carbons (Fsp3) is 0.111. The highest BCUT2D eigenvalue weighted by Crippen LogP contribution is 2.34. The number of benzene rings is 3. The quantitative estimate of drug-likeness (QED) is 0.318. The monoisotopic (exact) mass is 570 g/mol. The minimum Gasteiger partial charge on any atom is -0.542 e. The number of fused-ring (bicyclic) bond motifs is 2. The molecule has 0 radical (unpaired) electrons.